The molecular formula is C23H17BrClN3O4. The average Bonchev–Trinajstić information content (AvgIpc) is 2.81. The van der Waals surface area contributed by atoms with Gasteiger partial charge in [-0.2, -0.15) is 5.10 Å². The van der Waals surface area contributed by atoms with Crippen LogP contribution in [0.3, 0.4) is 0 Å². The number of hydrogen-bond donors (Lipinski definition) is 1. The Labute approximate surface area is 196 Å². The lowest BCUT2D eigenvalue weighted by Gasteiger charge is -2.15. The Morgan fingerprint density at radius 1 is 1.12 bits per heavy atom. The van der Waals surface area contributed by atoms with E-state index in [1.807, 2.05) is 30.3 Å². The van der Waals surface area contributed by atoms with Crippen molar-refractivity contribution in [3.05, 3.63) is 102 Å². The van der Waals surface area contributed by atoms with Gasteiger partial charge in [0.05, 0.1) is 24.2 Å². The fourth-order valence-electron chi connectivity index (χ4n) is 3.09. The molecule has 0 bridgehead atoms. The molecule has 4 aromatic rings. The molecule has 9 heteroatoms. The fraction of sp³-hybridized carbons (Fsp3) is 0.0870. The fourth-order valence-corrected chi connectivity index (χ4v) is 3.75. The van der Waals surface area contributed by atoms with Gasteiger partial charge in [0, 0.05) is 10.0 Å². The van der Waals surface area contributed by atoms with Gasteiger partial charge in [0.1, 0.15) is 11.6 Å². The van der Waals surface area contributed by atoms with E-state index in [0.717, 1.165) is 10.2 Å². The highest BCUT2D eigenvalue weighted by Crippen LogP contribution is 2.42. The van der Waals surface area contributed by atoms with E-state index < -0.39 is 11.2 Å². The maximum atomic E-state index is 12.7. The summed E-state index contributed by atoms with van der Waals surface area (Å²) in [7, 11) is 1.49. The lowest BCUT2D eigenvalue weighted by molar-refractivity contribution is 0.284. The average molecular weight is 515 g/mol. The van der Waals surface area contributed by atoms with Gasteiger partial charge < -0.3 is 14.5 Å². The molecule has 1 heterocycles. The number of hydrogen-bond acceptors (Lipinski definition) is 5. The highest BCUT2D eigenvalue weighted by molar-refractivity contribution is 9.10. The molecule has 162 valence electrons. The largest absolute Gasteiger partial charge is 0.493 e. The van der Waals surface area contributed by atoms with E-state index >= 15 is 0 Å². The van der Waals surface area contributed by atoms with E-state index in [-0.39, 0.29) is 5.02 Å². The second-order valence-electron chi connectivity index (χ2n) is 6.74. The summed E-state index contributed by atoms with van der Waals surface area (Å²) in [6, 6.07) is 18.0. The Hall–Kier alpha value is -3.36. The Balaban J connectivity index is 1.70. The monoisotopic (exact) mass is 513 g/mol. The van der Waals surface area contributed by atoms with Gasteiger partial charge in [-0.3, -0.25) is 4.79 Å². The Bertz CT molecular complexity index is 1430. The standard InChI is InChI=1S/C23H17BrClN3O4/c1-31-18-11-15(19(24)20(25)21(18)32-13-14-7-3-2-4-8-14)12-26-28-22(29)16-9-5-6-10-17(16)27-23(28)30/h2-12H,13H2,1H3,(H,27,30). The number of para-hydroxylation sites is 1. The molecule has 0 aliphatic rings. The van der Waals surface area contributed by atoms with E-state index in [4.69, 9.17) is 21.1 Å². The van der Waals surface area contributed by atoms with Crippen molar-refractivity contribution < 1.29 is 9.47 Å². The smallest absolute Gasteiger partial charge is 0.349 e. The number of nitrogens with zero attached hydrogens (tertiary/aromatic N) is 2. The van der Waals surface area contributed by atoms with Gasteiger partial charge in [0.2, 0.25) is 0 Å². The predicted octanol–water partition coefficient (Wildman–Crippen LogP) is 4.58. The summed E-state index contributed by atoms with van der Waals surface area (Å²) in [6.07, 6.45) is 1.35. The van der Waals surface area contributed by atoms with Gasteiger partial charge in [0.25, 0.3) is 5.56 Å². The molecule has 0 amide bonds. The third-order valence-electron chi connectivity index (χ3n) is 4.70. The topological polar surface area (TPSA) is 85.7 Å². The zero-order valence-electron chi connectivity index (χ0n) is 16.8. The zero-order chi connectivity index (χ0) is 22.7. The number of rotatable bonds is 6. The first-order valence-corrected chi connectivity index (χ1v) is 10.7. The van der Waals surface area contributed by atoms with Crippen LogP contribution in [0.15, 0.2) is 79.8 Å². The molecule has 0 radical (unpaired) electrons. The maximum absolute atomic E-state index is 12.7. The number of aromatic nitrogens is 2. The molecule has 0 saturated carbocycles. The second kappa shape index (κ2) is 9.42. The molecule has 0 aliphatic carbocycles. The van der Waals surface area contributed by atoms with Crippen molar-refractivity contribution in [1.82, 2.24) is 9.66 Å². The molecule has 0 unspecified atom stereocenters. The lowest BCUT2D eigenvalue weighted by Crippen LogP contribution is -2.32. The highest BCUT2D eigenvalue weighted by Gasteiger charge is 2.17. The predicted molar refractivity (Wildman–Crippen MR) is 128 cm³/mol. The molecule has 3 aromatic carbocycles. The van der Waals surface area contributed by atoms with Crippen molar-refractivity contribution in [2.24, 2.45) is 5.10 Å². The number of halogens is 2. The van der Waals surface area contributed by atoms with Crippen LogP contribution in [-0.2, 0) is 6.61 Å². The van der Waals surface area contributed by atoms with Gasteiger partial charge in [-0.05, 0) is 39.7 Å². The van der Waals surface area contributed by atoms with E-state index in [0.29, 0.717) is 39.0 Å². The van der Waals surface area contributed by atoms with Crippen LogP contribution in [-0.4, -0.2) is 23.0 Å². The number of nitrogens with one attached hydrogen (secondary N) is 1. The molecule has 7 nitrogen and oxygen atoms in total. The number of methoxy groups -OCH3 is 1. The lowest BCUT2D eigenvalue weighted by atomic mass is 10.2. The van der Waals surface area contributed by atoms with Gasteiger partial charge in [-0.25, -0.2) is 4.79 Å². The Morgan fingerprint density at radius 3 is 2.59 bits per heavy atom. The van der Waals surface area contributed by atoms with Gasteiger partial charge in [0.15, 0.2) is 11.5 Å². The van der Waals surface area contributed by atoms with Crippen molar-refractivity contribution >= 4 is 44.6 Å². The first kappa shape index (κ1) is 21.9. The van der Waals surface area contributed by atoms with E-state index in [1.165, 1.54) is 13.3 Å². The van der Waals surface area contributed by atoms with Gasteiger partial charge in [-0.1, -0.05) is 54.1 Å². The summed E-state index contributed by atoms with van der Waals surface area (Å²) >= 11 is 9.96. The van der Waals surface area contributed by atoms with Crippen LogP contribution < -0.4 is 20.7 Å². The highest BCUT2D eigenvalue weighted by atomic mass is 79.9. The number of ether oxygens (including phenoxy) is 2. The normalized spacial score (nSPS) is 11.2. The quantitative estimate of drug-likeness (QED) is 0.382. The summed E-state index contributed by atoms with van der Waals surface area (Å²) in [5, 5.41) is 4.71. The maximum Gasteiger partial charge on any atom is 0.349 e. The van der Waals surface area contributed by atoms with Crippen molar-refractivity contribution in [1.29, 1.82) is 0 Å². The van der Waals surface area contributed by atoms with Crippen LogP contribution in [0.1, 0.15) is 11.1 Å². The van der Waals surface area contributed by atoms with Crippen LogP contribution in [0.2, 0.25) is 5.02 Å². The number of aromatic amines is 1. The van der Waals surface area contributed by atoms with Crippen LogP contribution in [0.5, 0.6) is 11.5 Å². The van der Waals surface area contributed by atoms with E-state index in [2.05, 4.69) is 26.0 Å². The molecule has 32 heavy (non-hydrogen) atoms. The SMILES string of the molecule is COc1cc(C=Nn2c(=O)[nH]c3ccccc3c2=O)c(Br)c(Cl)c1OCc1ccccc1. The van der Waals surface area contributed by atoms with Crippen molar-refractivity contribution in [2.45, 2.75) is 6.61 Å². The third kappa shape index (κ3) is 4.32. The van der Waals surface area contributed by atoms with Crippen molar-refractivity contribution in [2.75, 3.05) is 7.11 Å². The third-order valence-corrected chi connectivity index (χ3v) is 6.14. The summed E-state index contributed by atoms with van der Waals surface area (Å²) in [6.45, 7) is 0.304. The van der Waals surface area contributed by atoms with Crippen LogP contribution in [0.4, 0.5) is 0 Å². The summed E-state index contributed by atoms with van der Waals surface area (Å²) in [4.78, 5) is 27.6. The Kier molecular flexibility index (Phi) is 6.43. The Morgan fingerprint density at radius 2 is 1.84 bits per heavy atom. The summed E-state index contributed by atoms with van der Waals surface area (Å²) < 4.78 is 12.6. The minimum atomic E-state index is -0.651. The zero-order valence-corrected chi connectivity index (χ0v) is 19.2. The number of fused-ring (bicyclic) bond motifs is 1. The minimum Gasteiger partial charge on any atom is -0.493 e. The van der Waals surface area contributed by atoms with Crippen LogP contribution in [0.25, 0.3) is 10.9 Å². The molecule has 4 rings (SSSR count). The van der Waals surface area contributed by atoms with E-state index in [9.17, 15) is 9.59 Å². The number of benzene rings is 3. The summed E-state index contributed by atoms with van der Waals surface area (Å²) in [5.41, 5.74) is 0.736. The minimum absolute atomic E-state index is 0.279. The molecule has 0 fully saturated rings. The van der Waals surface area contributed by atoms with Crippen LogP contribution in [0, 0.1) is 0 Å². The molecule has 0 atom stereocenters. The second-order valence-corrected chi connectivity index (χ2v) is 7.91. The molecule has 0 aliphatic heterocycles. The molecule has 1 aromatic heterocycles. The molecule has 1 N–H and O–H groups in total. The molecular weight excluding hydrogens is 498 g/mol. The molecule has 0 saturated heterocycles. The first-order chi connectivity index (χ1) is 15.5. The van der Waals surface area contributed by atoms with Gasteiger partial charge >= 0.3 is 5.69 Å². The number of H-pyrrole nitrogens is 1. The van der Waals surface area contributed by atoms with Crippen molar-refractivity contribution in [3.8, 4) is 11.5 Å². The summed E-state index contributed by atoms with van der Waals surface area (Å²) in [5.74, 6) is 0.748. The van der Waals surface area contributed by atoms with Gasteiger partial charge in [-0.15, -0.1) is 4.68 Å². The van der Waals surface area contributed by atoms with Crippen molar-refractivity contribution in [3.63, 3.8) is 0 Å². The first-order valence-electron chi connectivity index (χ1n) is 9.50. The van der Waals surface area contributed by atoms with E-state index in [1.54, 1.807) is 30.3 Å². The van der Waals surface area contributed by atoms with Crippen LogP contribution >= 0.6 is 27.5 Å². The molecule has 0 spiro atoms.